The topological polar surface area (TPSA) is 91.4 Å². The Morgan fingerprint density at radius 2 is 2.04 bits per heavy atom. The number of hydrogen-bond acceptors (Lipinski definition) is 4. The van der Waals surface area contributed by atoms with Gasteiger partial charge in [0.05, 0.1) is 13.0 Å². The number of fused-ring (bicyclic) bond motifs is 1. The SMILES string of the molecule is CCOC(=O)CC(CC(CC)CO)C(=O)NCCc1c[nH]c2ccccc12. The molecule has 2 rings (SSSR count). The van der Waals surface area contributed by atoms with E-state index in [9.17, 15) is 14.7 Å². The van der Waals surface area contributed by atoms with Crippen LogP contribution in [-0.4, -0.2) is 41.7 Å². The van der Waals surface area contributed by atoms with Crippen molar-refractivity contribution in [1.82, 2.24) is 10.3 Å². The average molecular weight is 374 g/mol. The number of benzene rings is 1. The molecule has 0 radical (unpaired) electrons. The molecule has 0 aliphatic carbocycles. The van der Waals surface area contributed by atoms with E-state index in [1.165, 1.54) is 0 Å². The van der Waals surface area contributed by atoms with Crippen LogP contribution in [0.5, 0.6) is 0 Å². The van der Waals surface area contributed by atoms with Gasteiger partial charge in [0.25, 0.3) is 0 Å². The third-order valence-electron chi connectivity index (χ3n) is 4.91. The minimum atomic E-state index is -0.482. The fourth-order valence-electron chi connectivity index (χ4n) is 3.28. The molecule has 0 spiro atoms. The van der Waals surface area contributed by atoms with E-state index in [0.29, 0.717) is 26.0 Å². The zero-order valence-corrected chi connectivity index (χ0v) is 16.2. The number of amides is 1. The van der Waals surface area contributed by atoms with E-state index in [2.05, 4.69) is 16.4 Å². The Bertz CT molecular complexity index is 737. The van der Waals surface area contributed by atoms with E-state index in [4.69, 9.17) is 4.74 Å². The summed E-state index contributed by atoms with van der Waals surface area (Å²) in [6.07, 6.45) is 3.96. The molecular weight excluding hydrogens is 344 g/mol. The Morgan fingerprint density at radius 1 is 1.26 bits per heavy atom. The highest BCUT2D eigenvalue weighted by Gasteiger charge is 2.25. The van der Waals surface area contributed by atoms with E-state index in [0.717, 1.165) is 22.9 Å². The van der Waals surface area contributed by atoms with Gasteiger partial charge < -0.3 is 20.1 Å². The first kappa shape index (κ1) is 21.0. The van der Waals surface area contributed by atoms with Gasteiger partial charge in [0, 0.05) is 36.2 Å². The molecule has 2 unspecified atom stereocenters. The van der Waals surface area contributed by atoms with Crippen molar-refractivity contribution < 1.29 is 19.4 Å². The lowest BCUT2D eigenvalue weighted by atomic mass is 9.90. The molecular formula is C21H30N2O4. The zero-order valence-electron chi connectivity index (χ0n) is 16.2. The highest BCUT2D eigenvalue weighted by atomic mass is 16.5. The van der Waals surface area contributed by atoms with Gasteiger partial charge in [-0.25, -0.2) is 0 Å². The monoisotopic (exact) mass is 374 g/mol. The smallest absolute Gasteiger partial charge is 0.306 e. The minimum absolute atomic E-state index is 0.00351. The first-order valence-corrected chi connectivity index (χ1v) is 9.68. The number of carbonyl (C=O) groups is 2. The van der Waals surface area contributed by atoms with E-state index in [1.807, 2.05) is 31.3 Å². The second-order valence-electron chi connectivity index (χ2n) is 6.80. The summed E-state index contributed by atoms with van der Waals surface area (Å²) in [7, 11) is 0. The quantitative estimate of drug-likeness (QED) is 0.528. The van der Waals surface area contributed by atoms with Crippen LogP contribution in [-0.2, 0) is 20.7 Å². The number of aromatic amines is 1. The first-order valence-electron chi connectivity index (χ1n) is 9.68. The molecule has 0 aliphatic heterocycles. The van der Waals surface area contributed by atoms with Gasteiger partial charge in [0.1, 0.15) is 0 Å². The summed E-state index contributed by atoms with van der Waals surface area (Å²) >= 11 is 0. The number of nitrogens with one attached hydrogen (secondary N) is 2. The number of hydrogen-bond donors (Lipinski definition) is 3. The van der Waals surface area contributed by atoms with Crippen LogP contribution in [0.15, 0.2) is 30.5 Å². The Hall–Kier alpha value is -2.34. The molecule has 0 saturated heterocycles. The number of carbonyl (C=O) groups excluding carboxylic acids is 2. The van der Waals surface area contributed by atoms with Crippen LogP contribution in [0, 0.1) is 11.8 Å². The van der Waals surface area contributed by atoms with Gasteiger partial charge in [-0.05, 0) is 37.3 Å². The second kappa shape index (κ2) is 10.7. The molecule has 2 aromatic rings. The summed E-state index contributed by atoms with van der Waals surface area (Å²) in [4.78, 5) is 27.7. The molecule has 0 fully saturated rings. The van der Waals surface area contributed by atoms with E-state index < -0.39 is 5.92 Å². The molecule has 148 valence electrons. The zero-order chi connectivity index (χ0) is 19.6. The van der Waals surface area contributed by atoms with Crippen molar-refractivity contribution in [2.24, 2.45) is 11.8 Å². The standard InChI is InChI=1S/C21H30N2O4/c1-3-15(14-24)11-17(12-20(25)27-4-2)21(26)22-10-9-16-13-23-19-8-6-5-7-18(16)19/h5-8,13,15,17,23-24H,3-4,9-12,14H2,1-2H3,(H,22,26). The molecule has 2 atom stereocenters. The molecule has 1 amide bonds. The van der Waals surface area contributed by atoms with Crippen molar-refractivity contribution in [1.29, 1.82) is 0 Å². The Morgan fingerprint density at radius 3 is 2.74 bits per heavy atom. The van der Waals surface area contributed by atoms with Gasteiger partial charge in [0.2, 0.25) is 5.91 Å². The summed E-state index contributed by atoms with van der Waals surface area (Å²) in [5, 5.41) is 13.5. The van der Waals surface area contributed by atoms with Crippen molar-refractivity contribution in [2.75, 3.05) is 19.8 Å². The largest absolute Gasteiger partial charge is 0.466 e. The molecule has 6 heteroatoms. The van der Waals surface area contributed by atoms with Gasteiger partial charge in [-0.2, -0.15) is 0 Å². The highest BCUT2D eigenvalue weighted by Crippen LogP contribution is 2.20. The Kier molecular flexibility index (Phi) is 8.33. The van der Waals surface area contributed by atoms with Gasteiger partial charge in [-0.1, -0.05) is 31.5 Å². The van der Waals surface area contributed by atoms with Crippen LogP contribution in [0.3, 0.4) is 0 Å². The number of ether oxygens (including phenoxy) is 1. The number of H-pyrrole nitrogens is 1. The summed E-state index contributed by atoms with van der Waals surface area (Å²) in [5.41, 5.74) is 2.22. The normalized spacial score (nSPS) is 13.3. The maximum absolute atomic E-state index is 12.6. The highest BCUT2D eigenvalue weighted by molar-refractivity contribution is 5.84. The maximum Gasteiger partial charge on any atom is 0.306 e. The minimum Gasteiger partial charge on any atom is -0.466 e. The summed E-state index contributed by atoms with van der Waals surface area (Å²) in [5.74, 6) is -1.01. The lowest BCUT2D eigenvalue weighted by molar-refractivity contribution is -0.146. The van der Waals surface area contributed by atoms with E-state index in [-0.39, 0.29) is 30.8 Å². The van der Waals surface area contributed by atoms with Gasteiger partial charge in [0.15, 0.2) is 0 Å². The molecule has 6 nitrogen and oxygen atoms in total. The Labute approximate surface area is 160 Å². The second-order valence-corrected chi connectivity index (χ2v) is 6.80. The van der Waals surface area contributed by atoms with Gasteiger partial charge in [-0.15, -0.1) is 0 Å². The average Bonchev–Trinajstić information content (AvgIpc) is 3.08. The molecule has 1 heterocycles. The van der Waals surface area contributed by atoms with Crippen molar-refractivity contribution in [2.45, 2.75) is 39.5 Å². The van der Waals surface area contributed by atoms with Crippen LogP contribution >= 0.6 is 0 Å². The number of rotatable bonds is 11. The van der Waals surface area contributed by atoms with Crippen molar-refractivity contribution >= 4 is 22.8 Å². The third kappa shape index (κ3) is 6.10. The van der Waals surface area contributed by atoms with Crippen LogP contribution in [0.2, 0.25) is 0 Å². The molecule has 27 heavy (non-hydrogen) atoms. The number of aromatic nitrogens is 1. The number of aliphatic hydroxyl groups excluding tert-OH is 1. The maximum atomic E-state index is 12.6. The lowest BCUT2D eigenvalue weighted by Gasteiger charge is -2.20. The molecule has 1 aromatic carbocycles. The summed E-state index contributed by atoms with van der Waals surface area (Å²) < 4.78 is 5.00. The summed E-state index contributed by atoms with van der Waals surface area (Å²) in [6, 6.07) is 8.05. The fraction of sp³-hybridized carbons (Fsp3) is 0.524. The molecule has 1 aromatic heterocycles. The van der Waals surface area contributed by atoms with E-state index in [1.54, 1.807) is 6.92 Å². The molecule has 0 saturated carbocycles. The van der Waals surface area contributed by atoms with Crippen LogP contribution in [0.1, 0.15) is 38.7 Å². The Balaban J connectivity index is 1.94. The third-order valence-corrected chi connectivity index (χ3v) is 4.91. The molecule has 0 aliphatic rings. The van der Waals surface area contributed by atoms with Crippen LogP contribution in [0.25, 0.3) is 10.9 Å². The van der Waals surface area contributed by atoms with Crippen molar-refractivity contribution in [3.05, 3.63) is 36.0 Å². The van der Waals surface area contributed by atoms with Crippen LogP contribution in [0.4, 0.5) is 0 Å². The van der Waals surface area contributed by atoms with Gasteiger partial charge >= 0.3 is 5.97 Å². The van der Waals surface area contributed by atoms with E-state index >= 15 is 0 Å². The number of para-hydroxylation sites is 1. The van der Waals surface area contributed by atoms with Crippen LogP contribution < -0.4 is 5.32 Å². The van der Waals surface area contributed by atoms with Crippen molar-refractivity contribution in [3.8, 4) is 0 Å². The summed E-state index contributed by atoms with van der Waals surface area (Å²) in [6.45, 7) is 4.52. The lowest BCUT2D eigenvalue weighted by Crippen LogP contribution is -2.35. The van der Waals surface area contributed by atoms with Gasteiger partial charge in [-0.3, -0.25) is 9.59 Å². The fourth-order valence-corrected chi connectivity index (χ4v) is 3.28. The molecule has 3 N–H and O–H groups in total. The first-order chi connectivity index (χ1) is 13.1. The van der Waals surface area contributed by atoms with Crippen molar-refractivity contribution in [3.63, 3.8) is 0 Å². The number of aliphatic hydroxyl groups is 1. The number of esters is 1. The molecule has 0 bridgehead atoms. The predicted molar refractivity (Wildman–Crippen MR) is 105 cm³/mol. The predicted octanol–water partition coefficient (Wildman–Crippen LogP) is 2.80.